The number of hydrogen-bond donors (Lipinski definition) is 1. The Morgan fingerprint density at radius 2 is 1.62 bits per heavy atom. The van der Waals surface area contributed by atoms with Gasteiger partial charge in [-0.2, -0.15) is 13.2 Å². The monoisotopic (exact) mass is 337 g/mol. The molecule has 0 bridgehead atoms. The number of carbonyl (C=O) groups excluding carboxylic acids is 1. The van der Waals surface area contributed by atoms with Crippen molar-refractivity contribution in [3.8, 4) is 0 Å². The number of halogens is 3. The Balaban J connectivity index is 1.65. The van der Waals surface area contributed by atoms with Crippen LogP contribution in [0.15, 0.2) is 54.6 Å². The molecule has 0 atom stereocenters. The third-order valence-electron chi connectivity index (χ3n) is 3.36. The molecular formula is C18H18F3NO2. The molecule has 0 fully saturated rings. The lowest BCUT2D eigenvalue weighted by Gasteiger charge is -2.09. The number of rotatable bonds is 7. The Labute approximate surface area is 138 Å². The zero-order valence-corrected chi connectivity index (χ0v) is 13.0. The number of ether oxygens (including phenoxy) is 1. The lowest BCUT2D eigenvalue weighted by molar-refractivity contribution is -0.137. The summed E-state index contributed by atoms with van der Waals surface area (Å²) in [6, 6.07) is 14.4. The lowest BCUT2D eigenvalue weighted by atomic mass is 10.1. The number of amides is 1. The second-order valence-electron chi connectivity index (χ2n) is 5.27. The van der Waals surface area contributed by atoms with Crippen molar-refractivity contribution < 1.29 is 22.7 Å². The summed E-state index contributed by atoms with van der Waals surface area (Å²) in [6.45, 7) is 0.647. The van der Waals surface area contributed by atoms with Crippen LogP contribution < -0.4 is 5.32 Å². The lowest BCUT2D eigenvalue weighted by Crippen LogP contribution is -2.29. The molecule has 128 valence electrons. The van der Waals surface area contributed by atoms with Crippen LogP contribution in [0.5, 0.6) is 0 Å². The maximum atomic E-state index is 12.4. The first-order valence-electron chi connectivity index (χ1n) is 7.49. The van der Waals surface area contributed by atoms with Crippen LogP contribution in [0, 0.1) is 0 Å². The normalized spacial score (nSPS) is 11.3. The van der Waals surface area contributed by atoms with Crippen LogP contribution in [0.3, 0.4) is 0 Å². The fraction of sp³-hybridized carbons (Fsp3) is 0.278. The van der Waals surface area contributed by atoms with Gasteiger partial charge in [0.05, 0.1) is 12.2 Å². The second kappa shape index (κ2) is 8.49. The van der Waals surface area contributed by atoms with E-state index >= 15 is 0 Å². The van der Waals surface area contributed by atoms with Gasteiger partial charge in [-0.1, -0.05) is 42.5 Å². The summed E-state index contributed by atoms with van der Waals surface area (Å²) in [5.41, 5.74) is 1.04. The van der Waals surface area contributed by atoms with E-state index in [0.717, 1.165) is 23.3 Å². The van der Waals surface area contributed by atoms with Crippen molar-refractivity contribution in [2.75, 3.05) is 13.2 Å². The van der Waals surface area contributed by atoms with Crippen molar-refractivity contribution in [2.45, 2.75) is 19.2 Å². The first-order chi connectivity index (χ1) is 11.4. The van der Waals surface area contributed by atoms with Gasteiger partial charge in [0.2, 0.25) is 5.91 Å². The largest absolute Gasteiger partial charge is 0.416 e. The third-order valence-corrected chi connectivity index (χ3v) is 3.36. The maximum Gasteiger partial charge on any atom is 0.416 e. The van der Waals surface area contributed by atoms with E-state index in [4.69, 9.17) is 4.74 Å². The summed E-state index contributed by atoms with van der Waals surface area (Å²) >= 11 is 0. The van der Waals surface area contributed by atoms with Crippen molar-refractivity contribution in [1.82, 2.24) is 5.32 Å². The zero-order chi connectivity index (χ0) is 17.4. The minimum absolute atomic E-state index is 0.0537. The van der Waals surface area contributed by atoms with E-state index in [1.165, 1.54) is 12.1 Å². The van der Waals surface area contributed by atoms with Gasteiger partial charge in [-0.3, -0.25) is 4.79 Å². The SMILES string of the molecule is O=C(COCc1ccccc1)NCCc1ccc(C(F)(F)F)cc1. The summed E-state index contributed by atoms with van der Waals surface area (Å²) < 4.78 is 42.6. The van der Waals surface area contributed by atoms with E-state index in [9.17, 15) is 18.0 Å². The maximum absolute atomic E-state index is 12.4. The van der Waals surface area contributed by atoms with E-state index < -0.39 is 11.7 Å². The minimum Gasteiger partial charge on any atom is -0.367 e. The summed E-state index contributed by atoms with van der Waals surface area (Å²) in [5, 5.41) is 2.68. The molecule has 0 spiro atoms. The van der Waals surface area contributed by atoms with Crippen LogP contribution >= 0.6 is 0 Å². The molecule has 0 aliphatic carbocycles. The van der Waals surface area contributed by atoms with Gasteiger partial charge >= 0.3 is 6.18 Å². The quantitative estimate of drug-likeness (QED) is 0.839. The molecule has 0 saturated heterocycles. The number of carbonyl (C=O) groups is 1. The van der Waals surface area contributed by atoms with Gasteiger partial charge < -0.3 is 10.1 Å². The molecule has 0 aliphatic heterocycles. The number of benzene rings is 2. The molecule has 0 aromatic heterocycles. The molecule has 0 aliphatic rings. The fourth-order valence-electron chi connectivity index (χ4n) is 2.09. The van der Waals surface area contributed by atoms with Crippen LogP contribution in [-0.4, -0.2) is 19.1 Å². The molecule has 0 unspecified atom stereocenters. The highest BCUT2D eigenvalue weighted by Crippen LogP contribution is 2.29. The first kappa shape index (κ1) is 18.0. The smallest absolute Gasteiger partial charge is 0.367 e. The van der Waals surface area contributed by atoms with Crippen LogP contribution in [0.2, 0.25) is 0 Å². The van der Waals surface area contributed by atoms with Gasteiger partial charge in [0.15, 0.2) is 0 Å². The zero-order valence-electron chi connectivity index (χ0n) is 13.0. The van der Waals surface area contributed by atoms with Gasteiger partial charge in [-0.05, 0) is 29.7 Å². The predicted molar refractivity (Wildman–Crippen MR) is 84.3 cm³/mol. The molecule has 0 heterocycles. The van der Waals surface area contributed by atoms with Gasteiger partial charge in [-0.15, -0.1) is 0 Å². The molecular weight excluding hydrogens is 319 g/mol. The topological polar surface area (TPSA) is 38.3 Å². The molecule has 2 aromatic carbocycles. The van der Waals surface area contributed by atoms with Gasteiger partial charge in [0.1, 0.15) is 6.61 Å². The van der Waals surface area contributed by atoms with Crippen molar-refractivity contribution >= 4 is 5.91 Å². The van der Waals surface area contributed by atoms with Crippen LogP contribution in [0.1, 0.15) is 16.7 Å². The Kier molecular flexibility index (Phi) is 6.37. The van der Waals surface area contributed by atoms with Gasteiger partial charge in [0, 0.05) is 6.54 Å². The van der Waals surface area contributed by atoms with Gasteiger partial charge in [0.25, 0.3) is 0 Å². The molecule has 1 N–H and O–H groups in total. The van der Waals surface area contributed by atoms with E-state index in [-0.39, 0.29) is 12.5 Å². The summed E-state index contributed by atoms with van der Waals surface area (Å²) in [6.07, 6.45) is -3.87. The Hall–Kier alpha value is -2.34. The Morgan fingerprint density at radius 1 is 0.958 bits per heavy atom. The van der Waals surface area contributed by atoms with Crippen molar-refractivity contribution in [1.29, 1.82) is 0 Å². The van der Waals surface area contributed by atoms with Crippen molar-refractivity contribution in [3.63, 3.8) is 0 Å². The van der Waals surface area contributed by atoms with E-state index in [0.29, 0.717) is 19.6 Å². The molecule has 3 nitrogen and oxygen atoms in total. The highest BCUT2D eigenvalue weighted by atomic mass is 19.4. The molecule has 6 heteroatoms. The Morgan fingerprint density at radius 3 is 2.25 bits per heavy atom. The standard InChI is InChI=1S/C18H18F3NO2/c19-18(20,21)16-8-6-14(7-9-16)10-11-22-17(23)13-24-12-15-4-2-1-3-5-15/h1-9H,10-13H2,(H,22,23). The molecule has 1 amide bonds. The average Bonchev–Trinajstić information content (AvgIpc) is 2.55. The predicted octanol–water partition coefficient (Wildman–Crippen LogP) is 3.58. The van der Waals surface area contributed by atoms with E-state index in [2.05, 4.69) is 5.32 Å². The summed E-state index contributed by atoms with van der Waals surface area (Å²) in [7, 11) is 0. The van der Waals surface area contributed by atoms with Crippen LogP contribution in [-0.2, 0) is 28.7 Å². The second-order valence-corrected chi connectivity index (χ2v) is 5.27. The average molecular weight is 337 g/mol. The van der Waals surface area contributed by atoms with Gasteiger partial charge in [-0.25, -0.2) is 0 Å². The van der Waals surface area contributed by atoms with E-state index in [1.807, 2.05) is 30.3 Å². The highest BCUT2D eigenvalue weighted by molar-refractivity contribution is 5.77. The highest BCUT2D eigenvalue weighted by Gasteiger charge is 2.29. The molecule has 2 aromatic rings. The first-order valence-corrected chi connectivity index (χ1v) is 7.49. The van der Waals surface area contributed by atoms with Crippen molar-refractivity contribution in [2.24, 2.45) is 0 Å². The van der Waals surface area contributed by atoms with E-state index in [1.54, 1.807) is 0 Å². The molecule has 0 radical (unpaired) electrons. The summed E-state index contributed by atoms with van der Waals surface area (Å²) in [5.74, 6) is -0.252. The third kappa shape index (κ3) is 6.04. The summed E-state index contributed by atoms with van der Waals surface area (Å²) in [4.78, 5) is 11.6. The minimum atomic E-state index is -4.33. The fourth-order valence-corrected chi connectivity index (χ4v) is 2.09. The molecule has 24 heavy (non-hydrogen) atoms. The number of hydrogen-bond acceptors (Lipinski definition) is 2. The Bertz CT molecular complexity index is 640. The van der Waals surface area contributed by atoms with Crippen LogP contribution in [0.4, 0.5) is 13.2 Å². The number of nitrogens with one attached hydrogen (secondary N) is 1. The number of alkyl halides is 3. The van der Waals surface area contributed by atoms with Crippen molar-refractivity contribution in [3.05, 3.63) is 71.3 Å². The van der Waals surface area contributed by atoms with Crippen LogP contribution in [0.25, 0.3) is 0 Å². The molecule has 0 saturated carbocycles. The molecule has 2 rings (SSSR count).